The first-order valence-corrected chi connectivity index (χ1v) is 11.2. The van der Waals surface area contributed by atoms with E-state index in [-0.39, 0.29) is 47.4 Å². The van der Waals surface area contributed by atoms with Crippen molar-refractivity contribution in [2.75, 3.05) is 40.4 Å². The van der Waals surface area contributed by atoms with Gasteiger partial charge in [0, 0.05) is 46.3 Å². The summed E-state index contributed by atoms with van der Waals surface area (Å²) < 4.78 is 32.1. The summed E-state index contributed by atoms with van der Waals surface area (Å²) in [6, 6.07) is 6.86. The van der Waals surface area contributed by atoms with E-state index in [2.05, 4.69) is 20.3 Å². The number of sulfonamides is 1. The summed E-state index contributed by atoms with van der Waals surface area (Å²) in [4.78, 5) is 18.1. The zero-order chi connectivity index (χ0) is 21.3. The molecule has 0 spiro atoms. The first kappa shape index (κ1) is 26.6. The van der Waals surface area contributed by atoms with Gasteiger partial charge in [0.2, 0.25) is 15.9 Å². The Morgan fingerprint density at radius 2 is 2.13 bits per heavy atom. The maximum absolute atomic E-state index is 12.4. The van der Waals surface area contributed by atoms with Gasteiger partial charge in [-0.3, -0.25) is 4.79 Å². The van der Waals surface area contributed by atoms with Gasteiger partial charge in [0.15, 0.2) is 5.96 Å². The molecule has 1 aliphatic rings. The topological polar surface area (TPSA) is 112 Å². The predicted molar refractivity (Wildman–Crippen MR) is 128 cm³/mol. The van der Waals surface area contributed by atoms with Crippen LogP contribution in [0.15, 0.2) is 34.2 Å². The highest BCUT2D eigenvalue weighted by molar-refractivity contribution is 14.0. The van der Waals surface area contributed by atoms with E-state index in [0.717, 1.165) is 12.0 Å². The largest absolute Gasteiger partial charge is 0.383 e. The summed E-state index contributed by atoms with van der Waals surface area (Å²) >= 11 is 0. The van der Waals surface area contributed by atoms with Crippen LogP contribution in [0.4, 0.5) is 0 Å². The van der Waals surface area contributed by atoms with Gasteiger partial charge in [0.25, 0.3) is 0 Å². The highest BCUT2D eigenvalue weighted by atomic mass is 127. The van der Waals surface area contributed by atoms with Crippen molar-refractivity contribution in [3.63, 3.8) is 0 Å². The van der Waals surface area contributed by atoms with Crippen molar-refractivity contribution in [3.05, 3.63) is 29.8 Å². The molecule has 1 aromatic carbocycles. The SMILES string of the molecule is CCNC(=NCc1cccc(S(=O)(=O)NCCOC)c1)NC1CCC(=O)N(C)C1.I. The van der Waals surface area contributed by atoms with Crippen LogP contribution in [0, 0.1) is 0 Å². The minimum Gasteiger partial charge on any atom is -0.383 e. The van der Waals surface area contributed by atoms with Crippen molar-refractivity contribution < 1.29 is 17.9 Å². The monoisotopic (exact) mass is 553 g/mol. The molecular weight excluding hydrogens is 521 g/mol. The summed E-state index contributed by atoms with van der Waals surface area (Å²) in [5, 5.41) is 6.55. The fraction of sp³-hybridized carbons (Fsp3) is 0.579. The Balaban J connectivity index is 0.00000450. The summed E-state index contributed by atoms with van der Waals surface area (Å²) in [6.07, 6.45) is 1.28. The summed E-state index contributed by atoms with van der Waals surface area (Å²) in [5.41, 5.74) is 0.785. The molecule has 0 saturated carbocycles. The van der Waals surface area contributed by atoms with Crippen molar-refractivity contribution in [2.45, 2.75) is 37.2 Å². The minimum atomic E-state index is -3.59. The van der Waals surface area contributed by atoms with Gasteiger partial charge in [-0.25, -0.2) is 18.1 Å². The third-order valence-electron chi connectivity index (χ3n) is 4.54. The molecule has 1 amide bonds. The van der Waals surface area contributed by atoms with E-state index in [1.54, 1.807) is 30.1 Å². The molecule has 1 saturated heterocycles. The smallest absolute Gasteiger partial charge is 0.240 e. The second kappa shape index (κ2) is 13.1. The minimum absolute atomic E-state index is 0. The zero-order valence-electron chi connectivity index (χ0n) is 17.7. The van der Waals surface area contributed by atoms with Crippen LogP contribution in [0.1, 0.15) is 25.3 Å². The number of halogens is 1. The van der Waals surface area contributed by atoms with Crippen LogP contribution in [0.25, 0.3) is 0 Å². The van der Waals surface area contributed by atoms with Gasteiger partial charge in [-0.05, 0) is 31.0 Å². The molecule has 11 heteroatoms. The van der Waals surface area contributed by atoms with E-state index in [9.17, 15) is 13.2 Å². The fourth-order valence-corrected chi connectivity index (χ4v) is 4.07. The van der Waals surface area contributed by atoms with Gasteiger partial charge in [0.05, 0.1) is 18.0 Å². The second-order valence-electron chi connectivity index (χ2n) is 6.89. The number of aliphatic imine (C=N–C) groups is 1. The number of hydrogen-bond donors (Lipinski definition) is 3. The molecule has 0 bridgehead atoms. The van der Waals surface area contributed by atoms with Crippen LogP contribution >= 0.6 is 24.0 Å². The second-order valence-corrected chi connectivity index (χ2v) is 8.65. The van der Waals surface area contributed by atoms with Gasteiger partial charge in [0.1, 0.15) is 0 Å². The molecule has 0 aromatic heterocycles. The molecule has 9 nitrogen and oxygen atoms in total. The van der Waals surface area contributed by atoms with E-state index in [1.807, 2.05) is 13.0 Å². The molecule has 1 atom stereocenters. The Hall–Kier alpha value is -1.44. The van der Waals surface area contributed by atoms with Crippen molar-refractivity contribution in [1.29, 1.82) is 0 Å². The number of likely N-dealkylation sites (tertiary alicyclic amines) is 1. The molecule has 2 rings (SSSR count). The van der Waals surface area contributed by atoms with E-state index >= 15 is 0 Å². The number of carbonyl (C=O) groups excluding carboxylic acids is 1. The molecule has 1 aliphatic heterocycles. The third-order valence-corrected chi connectivity index (χ3v) is 6.00. The predicted octanol–water partition coefficient (Wildman–Crippen LogP) is 0.905. The number of carbonyl (C=O) groups is 1. The maximum Gasteiger partial charge on any atom is 0.240 e. The Morgan fingerprint density at radius 3 is 2.80 bits per heavy atom. The van der Waals surface area contributed by atoms with Gasteiger partial charge in [-0.1, -0.05) is 12.1 Å². The van der Waals surface area contributed by atoms with Crippen molar-refractivity contribution in [1.82, 2.24) is 20.3 Å². The number of methoxy groups -OCH3 is 1. The molecule has 1 aromatic rings. The molecule has 3 N–H and O–H groups in total. The lowest BCUT2D eigenvalue weighted by molar-refractivity contribution is -0.132. The molecule has 170 valence electrons. The Morgan fingerprint density at radius 1 is 1.37 bits per heavy atom. The van der Waals surface area contributed by atoms with Crippen molar-refractivity contribution >= 4 is 45.9 Å². The highest BCUT2D eigenvalue weighted by Crippen LogP contribution is 2.13. The normalized spacial score (nSPS) is 17.4. The third kappa shape index (κ3) is 8.36. The zero-order valence-corrected chi connectivity index (χ0v) is 20.8. The number of amides is 1. The standard InChI is InChI=1S/C19H31N5O4S.HI/c1-4-20-19(23-16-8-9-18(25)24(2)14-16)21-13-15-6-5-7-17(12-15)29(26,27)22-10-11-28-3;/h5-7,12,16,22H,4,8-11,13-14H2,1-3H3,(H2,20,21,23);1H. The Bertz CT molecular complexity index is 819. The highest BCUT2D eigenvalue weighted by Gasteiger charge is 2.23. The molecule has 30 heavy (non-hydrogen) atoms. The summed E-state index contributed by atoms with van der Waals surface area (Å²) in [7, 11) is -0.267. The molecule has 1 unspecified atom stereocenters. The quantitative estimate of drug-likeness (QED) is 0.182. The van der Waals surface area contributed by atoms with Crippen LogP contribution in [0.5, 0.6) is 0 Å². The van der Waals surface area contributed by atoms with Crippen LogP contribution in [0.3, 0.4) is 0 Å². The molecule has 1 fully saturated rings. The van der Waals surface area contributed by atoms with E-state index in [0.29, 0.717) is 38.6 Å². The van der Waals surface area contributed by atoms with Crippen LogP contribution < -0.4 is 15.4 Å². The van der Waals surface area contributed by atoms with Crippen molar-refractivity contribution in [2.24, 2.45) is 4.99 Å². The van der Waals surface area contributed by atoms with E-state index < -0.39 is 10.0 Å². The average Bonchev–Trinajstić information content (AvgIpc) is 2.69. The molecule has 1 heterocycles. The van der Waals surface area contributed by atoms with Gasteiger partial charge < -0.3 is 20.3 Å². The van der Waals surface area contributed by atoms with Gasteiger partial charge >= 0.3 is 0 Å². The van der Waals surface area contributed by atoms with Gasteiger partial charge in [-0.2, -0.15) is 0 Å². The number of rotatable bonds is 9. The van der Waals surface area contributed by atoms with E-state index in [4.69, 9.17) is 4.74 Å². The van der Waals surface area contributed by atoms with Crippen molar-refractivity contribution in [3.8, 4) is 0 Å². The summed E-state index contributed by atoms with van der Waals surface area (Å²) in [6.45, 7) is 4.16. The average molecular weight is 553 g/mol. The lowest BCUT2D eigenvalue weighted by Gasteiger charge is -2.31. The Labute approximate surface area is 196 Å². The Kier molecular flexibility index (Phi) is 11.6. The maximum atomic E-state index is 12.4. The molecular formula is C19H32IN5O4S. The number of benzene rings is 1. The van der Waals surface area contributed by atoms with Crippen LogP contribution in [0.2, 0.25) is 0 Å². The number of nitrogens with zero attached hydrogens (tertiary/aromatic N) is 2. The number of likely N-dealkylation sites (N-methyl/N-ethyl adjacent to an activating group) is 1. The first-order chi connectivity index (χ1) is 13.9. The number of guanidine groups is 1. The number of ether oxygens (including phenoxy) is 1. The molecule has 0 radical (unpaired) electrons. The van der Waals surface area contributed by atoms with Crippen LogP contribution in [-0.2, 0) is 26.1 Å². The van der Waals surface area contributed by atoms with Gasteiger partial charge in [-0.15, -0.1) is 24.0 Å². The lowest BCUT2D eigenvalue weighted by Crippen LogP contribution is -2.51. The summed E-state index contributed by atoms with van der Waals surface area (Å²) in [5.74, 6) is 0.800. The number of nitrogens with one attached hydrogen (secondary N) is 3. The molecule has 0 aliphatic carbocycles. The number of piperidine rings is 1. The van der Waals surface area contributed by atoms with E-state index in [1.165, 1.54) is 7.11 Å². The number of hydrogen-bond acceptors (Lipinski definition) is 5. The lowest BCUT2D eigenvalue weighted by atomic mass is 10.1. The van der Waals surface area contributed by atoms with Crippen LogP contribution in [-0.4, -0.2) is 71.6 Å². The fourth-order valence-electron chi connectivity index (χ4n) is 2.99. The first-order valence-electron chi connectivity index (χ1n) is 9.72.